The summed E-state index contributed by atoms with van der Waals surface area (Å²) in [6, 6.07) is -3.58. The van der Waals surface area contributed by atoms with Crippen LogP contribution in [0.25, 0.3) is 0 Å². The minimum atomic E-state index is -3.39. The van der Waals surface area contributed by atoms with E-state index >= 15 is 0 Å². The summed E-state index contributed by atoms with van der Waals surface area (Å²) in [7, 11) is -3.39. The molecule has 5 aliphatic rings. The Hall–Kier alpha value is -2.70. The number of ketones is 1. The maximum absolute atomic E-state index is 14.4. The van der Waals surface area contributed by atoms with Crippen molar-refractivity contribution < 1.29 is 32.4 Å². The molecule has 0 aromatic heterocycles. The van der Waals surface area contributed by atoms with E-state index in [4.69, 9.17) is 5.73 Å². The van der Waals surface area contributed by atoms with Gasteiger partial charge in [-0.25, -0.2) is 13.2 Å². The minimum absolute atomic E-state index is 0.157. The van der Waals surface area contributed by atoms with E-state index in [1.54, 1.807) is 0 Å². The molecule has 2 heterocycles. The van der Waals surface area contributed by atoms with Crippen molar-refractivity contribution >= 4 is 39.4 Å². The molecular formula is C31H51N5O7S. The van der Waals surface area contributed by atoms with Gasteiger partial charge in [0.1, 0.15) is 21.9 Å². The molecule has 1 unspecified atom stereocenters. The van der Waals surface area contributed by atoms with Crippen LogP contribution in [0.5, 0.6) is 0 Å². The first-order valence-corrected chi connectivity index (χ1v) is 18.0. The van der Waals surface area contributed by atoms with Gasteiger partial charge in [-0.05, 0) is 54.3 Å². The van der Waals surface area contributed by atoms with E-state index in [2.05, 4.69) is 29.8 Å². The number of carbonyl (C=O) groups is 5. The second-order valence-corrected chi connectivity index (χ2v) is 17.7. The van der Waals surface area contributed by atoms with E-state index in [1.165, 1.54) is 4.90 Å². The third-order valence-corrected chi connectivity index (χ3v) is 11.6. The maximum Gasteiger partial charge on any atom is 0.315 e. The highest BCUT2D eigenvalue weighted by Crippen LogP contribution is 2.57. The van der Waals surface area contributed by atoms with Crippen LogP contribution in [0.2, 0.25) is 0 Å². The quantitative estimate of drug-likeness (QED) is 0.248. The van der Waals surface area contributed by atoms with Gasteiger partial charge < -0.3 is 26.6 Å². The minimum Gasteiger partial charge on any atom is -0.363 e. The van der Waals surface area contributed by atoms with Gasteiger partial charge in [0.05, 0.1) is 17.3 Å². The Kier molecular flexibility index (Phi) is 9.51. The summed E-state index contributed by atoms with van der Waals surface area (Å²) in [6.07, 6.45) is 7.65. The average molecular weight is 638 g/mol. The Balaban J connectivity index is 1.57. The number of nitrogens with two attached hydrogens (primary N) is 1. The largest absolute Gasteiger partial charge is 0.363 e. The Labute approximate surface area is 261 Å². The molecule has 0 aromatic carbocycles. The lowest BCUT2D eigenvalue weighted by atomic mass is 9.49. The zero-order valence-electron chi connectivity index (χ0n) is 27.0. The molecule has 2 saturated heterocycles. The zero-order chi connectivity index (χ0) is 32.8. The summed E-state index contributed by atoms with van der Waals surface area (Å²) in [5.74, 6) is -2.83. The number of hydrogen-bond donors (Lipinski definition) is 4. The van der Waals surface area contributed by atoms with Crippen molar-refractivity contribution in [2.24, 2.45) is 34.3 Å². The van der Waals surface area contributed by atoms with Gasteiger partial charge in [-0.1, -0.05) is 66.7 Å². The highest BCUT2D eigenvalue weighted by Gasteiger charge is 2.61. The summed E-state index contributed by atoms with van der Waals surface area (Å²) < 4.78 is 24.5. The molecule has 248 valence electrons. The van der Waals surface area contributed by atoms with Gasteiger partial charge in [-0.15, -0.1) is 0 Å². The van der Waals surface area contributed by atoms with Gasteiger partial charge in [0.25, 0.3) is 5.91 Å². The monoisotopic (exact) mass is 637 g/mol. The highest BCUT2D eigenvalue weighted by atomic mass is 32.2. The Morgan fingerprint density at radius 1 is 1.00 bits per heavy atom. The predicted molar refractivity (Wildman–Crippen MR) is 165 cm³/mol. The van der Waals surface area contributed by atoms with Crippen molar-refractivity contribution in [1.29, 1.82) is 0 Å². The maximum atomic E-state index is 14.4. The number of nitrogens with one attached hydrogen (secondary N) is 3. The van der Waals surface area contributed by atoms with Crippen LogP contribution in [0.4, 0.5) is 4.79 Å². The fourth-order valence-electron chi connectivity index (χ4n) is 7.63. The van der Waals surface area contributed by atoms with E-state index in [9.17, 15) is 32.4 Å². The predicted octanol–water partition coefficient (Wildman–Crippen LogP) is 1.66. The smallest absolute Gasteiger partial charge is 0.315 e. The number of Topliss-reactive ketones (excluding diaryl/α,β-unsaturated/α-hetero) is 1. The summed E-state index contributed by atoms with van der Waals surface area (Å²) in [5.41, 5.74) is 3.42. The molecule has 13 heteroatoms. The van der Waals surface area contributed by atoms with Gasteiger partial charge >= 0.3 is 6.03 Å². The number of amides is 5. The first-order valence-electron chi connectivity index (χ1n) is 15.9. The van der Waals surface area contributed by atoms with E-state index in [0.717, 1.165) is 44.8 Å². The third-order valence-electron chi connectivity index (χ3n) is 10.5. The fraction of sp³-hybridized carbons (Fsp3) is 0.839. The normalized spacial score (nSPS) is 27.2. The lowest BCUT2D eigenvalue weighted by Gasteiger charge is -2.63. The summed E-state index contributed by atoms with van der Waals surface area (Å²) in [5, 5.41) is 8.55. The summed E-state index contributed by atoms with van der Waals surface area (Å²) in [6.45, 7) is 9.92. The lowest BCUT2D eigenvalue weighted by molar-refractivity contribution is -0.179. The average Bonchev–Trinajstić information content (AvgIpc) is 3.72. The van der Waals surface area contributed by atoms with Gasteiger partial charge in [0.15, 0.2) is 0 Å². The summed E-state index contributed by atoms with van der Waals surface area (Å²) in [4.78, 5) is 67.7. The van der Waals surface area contributed by atoms with E-state index in [-0.39, 0.29) is 28.9 Å². The van der Waals surface area contributed by atoms with E-state index in [1.807, 2.05) is 20.8 Å². The molecule has 5 amide bonds. The summed E-state index contributed by atoms with van der Waals surface area (Å²) >= 11 is 0. The van der Waals surface area contributed by atoms with Gasteiger partial charge in [-0.2, -0.15) is 0 Å². The highest BCUT2D eigenvalue weighted by molar-refractivity contribution is 7.90. The molecule has 5 rings (SSSR count). The molecular weight excluding hydrogens is 586 g/mol. The SMILES string of the molecule is CC(C)(C)[C@H](NC(=O)NC1(CS(C)(=O)=O)CCCCC1)C(=O)N1C[C@@H]2C[C@H]([C@H]1C(=O)NC(CC1CC1)C(=O)C(N)=O)C2(C)C. The van der Waals surface area contributed by atoms with Gasteiger partial charge in [0.2, 0.25) is 17.6 Å². The number of primary amides is 1. The molecule has 5 N–H and O–H groups in total. The number of piperidine rings is 2. The number of fused-ring (bicyclic) bond motifs is 2. The molecule has 2 aliphatic heterocycles. The van der Waals surface area contributed by atoms with Crippen molar-refractivity contribution in [3.8, 4) is 0 Å². The Morgan fingerprint density at radius 3 is 2.11 bits per heavy atom. The van der Waals surface area contributed by atoms with E-state index in [0.29, 0.717) is 25.8 Å². The molecule has 3 aliphatic carbocycles. The Morgan fingerprint density at radius 2 is 1.61 bits per heavy atom. The molecule has 0 radical (unpaired) electrons. The van der Waals surface area contributed by atoms with Crippen LogP contribution in [0.15, 0.2) is 0 Å². The molecule has 44 heavy (non-hydrogen) atoms. The molecule has 3 saturated carbocycles. The van der Waals surface area contributed by atoms with Crippen molar-refractivity contribution in [1.82, 2.24) is 20.9 Å². The van der Waals surface area contributed by atoms with Crippen LogP contribution in [-0.4, -0.2) is 85.1 Å². The zero-order valence-corrected chi connectivity index (χ0v) is 27.8. The molecule has 5 fully saturated rings. The third kappa shape index (κ3) is 7.56. The number of carbonyl (C=O) groups excluding carboxylic acids is 5. The van der Waals surface area contributed by atoms with Crippen molar-refractivity contribution in [2.75, 3.05) is 18.6 Å². The fourth-order valence-corrected chi connectivity index (χ4v) is 8.99. The van der Waals surface area contributed by atoms with Crippen molar-refractivity contribution in [3.05, 3.63) is 0 Å². The number of rotatable bonds is 11. The number of urea groups is 1. The first kappa shape index (κ1) is 34.2. The molecule has 12 nitrogen and oxygen atoms in total. The number of sulfone groups is 1. The van der Waals surface area contributed by atoms with Crippen LogP contribution >= 0.6 is 0 Å². The van der Waals surface area contributed by atoms with Gasteiger partial charge in [0, 0.05) is 12.8 Å². The van der Waals surface area contributed by atoms with Crippen LogP contribution in [0.3, 0.4) is 0 Å². The molecule has 2 bridgehead atoms. The Bertz CT molecular complexity index is 1280. The van der Waals surface area contributed by atoms with Crippen LogP contribution in [-0.2, 0) is 29.0 Å². The van der Waals surface area contributed by atoms with Crippen LogP contribution in [0, 0.1) is 28.6 Å². The molecule has 5 atom stereocenters. The second kappa shape index (κ2) is 12.2. The van der Waals surface area contributed by atoms with Crippen LogP contribution in [0.1, 0.15) is 92.4 Å². The standard InChI is InChI=1S/C31H51N5O7S/c1-29(2,3)24(34-28(41)35-31(17-44(6,42)43)12-8-7-9-13-31)27(40)36-16-19-15-20(30(19,4)5)22(36)26(39)33-21(14-18-10-11-18)23(37)25(32)38/h18-22,24H,7-17H2,1-6H3,(H2,32,38)(H,33,39)(H2,34,35,41)/t19-,20+,21?,22-,24+/m0/s1. The topological polar surface area (TPSA) is 185 Å². The van der Waals surface area contributed by atoms with Gasteiger partial charge in [-0.3, -0.25) is 19.2 Å². The molecule has 0 aromatic rings. The first-order chi connectivity index (χ1) is 20.2. The number of hydrogen-bond acceptors (Lipinski definition) is 7. The number of nitrogens with zero attached hydrogens (tertiary/aromatic N) is 1. The lowest BCUT2D eigenvalue weighted by Crippen LogP contribution is -2.73. The second-order valence-electron chi connectivity index (χ2n) is 15.6. The van der Waals surface area contributed by atoms with Crippen LogP contribution < -0.4 is 21.7 Å². The molecule has 0 spiro atoms. The van der Waals surface area contributed by atoms with E-state index < -0.39 is 68.5 Å². The van der Waals surface area contributed by atoms with Crippen molar-refractivity contribution in [2.45, 2.75) is 116 Å². The van der Waals surface area contributed by atoms with Crippen molar-refractivity contribution in [3.63, 3.8) is 0 Å².